The summed E-state index contributed by atoms with van der Waals surface area (Å²) in [5.74, 6) is -1.11. The van der Waals surface area contributed by atoms with Gasteiger partial charge in [-0.3, -0.25) is 0 Å². The monoisotopic (exact) mass is 318 g/mol. The molecule has 1 aromatic heterocycles. The molecule has 112 valence electrons. The molecule has 0 unspecified atom stereocenters. The second-order valence-electron chi connectivity index (χ2n) is 4.72. The van der Waals surface area contributed by atoms with Crippen molar-refractivity contribution in [2.45, 2.75) is 23.5 Å². The fourth-order valence-electron chi connectivity index (χ4n) is 2.17. The minimum atomic E-state index is -3.58. The highest BCUT2D eigenvalue weighted by atomic mass is 32.2. The number of carboxylic acid groups (broad SMARTS) is 1. The standard InChI is InChI=1S/C12H18N2O4S2/c15-12(16)10-4-5-11(19-10)20(17,18)13-6-3-9-14-7-1-2-8-14/h4-5,13H,1-3,6-9H2,(H,15,16). The molecule has 2 heterocycles. The maximum atomic E-state index is 12.0. The lowest BCUT2D eigenvalue weighted by molar-refractivity contribution is 0.0702. The van der Waals surface area contributed by atoms with Crippen molar-refractivity contribution >= 4 is 27.3 Å². The van der Waals surface area contributed by atoms with Crippen LogP contribution in [-0.2, 0) is 10.0 Å². The summed E-state index contributed by atoms with van der Waals surface area (Å²) < 4.78 is 26.5. The van der Waals surface area contributed by atoms with E-state index in [4.69, 9.17) is 5.11 Å². The van der Waals surface area contributed by atoms with Gasteiger partial charge in [0.05, 0.1) is 0 Å². The summed E-state index contributed by atoms with van der Waals surface area (Å²) in [5.41, 5.74) is 0. The first kappa shape index (κ1) is 15.4. The van der Waals surface area contributed by atoms with Gasteiger partial charge in [-0.25, -0.2) is 17.9 Å². The second-order valence-corrected chi connectivity index (χ2v) is 7.80. The van der Waals surface area contributed by atoms with E-state index in [9.17, 15) is 13.2 Å². The summed E-state index contributed by atoms with van der Waals surface area (Å²) in [6.07, 6.45) is 3.20. The van der Waals surface area contributed by atoms with E-state index < -0.39 is 16.0 Å². The summed E-state index contributed by atoms with van der Waals surface area (Å²) in [4.78, 5) is 13.1. The van der Waals surface area contributed by atoms with Gasteiger partial charge < -0.3 is 10.0 Å². The first-order chi connectivity index (χ1) is 9.49. The number of rotatable bonds is 7. The number of hydrogen-bond acceptors (Lipinski definition) is 5. The Morgan fingerprint density at radius 1 is 1.35 bits per heavy atom. The lowest BCUT2D eigenvalue weighted by Crippen LogP contribution is -2.28. The van der Waals surface area contributed by atoms with Crippen LogP contribution in [0.25, 0.3) is 0 Å². The third kappa shape index (κ3) is 4.02. The average molecular weight is 318 g/mol. The van der Waals surface area contributed by atoms with E-state index in [0.717, 1.165) is 37.4 Å². The van der Waals surface area contributed by atoms with Gasteiger partial charge in [-0.15, -0.1) is 11.3 Å². The van der Waals surface area contributed by atoms with Crippen molar-refractivity contribution in [3.63, 3.8) is 0 Å². The van der Waals surface area contributed by atoms with E-state index in [1.165, 1.54) is 25.0 Å². The van der Waals surface area contributed by atoms with Gasteiger partial charge in [-0.1, -0.05) is 0 Å². The molecule has 0 atom stereocenters. The van der Waals surface area contributed by atoms with Gasteiger partial charge in [0.15, 0.2) is 0 Å². The van der Waals surface area contributed by atoms with Crippen LogP contribution in [0, 0.1) is 0 Å². The lowest BCUT2D eigenvalue weighted by atomic mass is 10.4. The van der Waals surface area contributed by atoms with Crippen molar-refractivity contribution in [2.75, 3.05) is 26.2 Å². The molecule has 1 fully saturated rings. The van der Waals surface area contributed by atoms with Crippen LogP contribution in [0.3, 0.4) is 0 Å². The average Bonchev–Trinajstić information content (AvgIpc) is 3.05. The smallest absolute Gasteiger partial charge is 0.345 e. The number of aromatic carboxylic acids is 1. The van der Waals surface area contributed by atoms with Crippen LogP contribution in [0.4, 0.5) is 0 Å². The van der Waals surface area contributed by atoms with Crippen molar-refractivity contribution in [2.24, 2.45) is 0 Å². The Labute approximate surface area is 122 Å². The van der Waals surface area contributed by atoms with Gasteiger partial charge in [-0.05, 0) is 51.0 Å². The Kier molecular flexibility index (Phi) is 5.14. The number of likely N-dealkylation sites (tertiary alicyclic amines) is 1. The number of thiophene rings is 1. The van der Waals surface area contributed by atoms with Crippen LogP contribution in [0.15, 0.2) is 16.3 Å². The maximum absolute atomic E-state index is 12.0. The minimum Gasteiger partial charge on any atom is -0.477 e. The molecule has 0 saturated carbocycles. The Morgan fingerprint density at radius 2 is 2.05 bits per heavy atom. The molecule has 8 heteroatoms. The molecular weight excluding hydrogens is 300 g/mol. The van der Waals surface area contributed by atoms with E-state index >= 15 is 0 Å². The molecular formula is C12H18N2O4S2. The van der Waals surface area contributed by atoms with E-state index in [2.05, 4.69) is 9.62 Å². The van der Waals surface area contributed by atoms with Crippen LogP contribution >= 0.6 is 11.3 Å². The molecule has 1 aliphatic heterocycles. The van der Waals surface area contributed by atoms with Gasteiger partial charge in [0.1, 0.15) is 9.09 Å². The van der Waals surface area contributed by atoms with Crippen LogP contribution in [-0.4, -0.2) is 50.6 Å². The van der Waals surface area contributed by atoms with Gasteiger partial charge in [0.25, 0.3) is 0 Å². The third-order valence-electron chi connectivity index (χ3n) is 3.20. The summed E-state index contributed by atoms with van der Waals surface area (Å²) >= 11 is 0.771. The number of nitrogens with one attached hydrogen (secondary N) is 1. The van der Waals surface area contributed by atoms with Crippen molar-refractivity contribution in [3.05, 3.63) is 17.0 Å². The molecule has 20 heavy (non-hydrogen) atoms. The van der Waals surface area contributed by atoms with Crippen molar-refractivity contribution < 1.29 is 18.3 Å². The molecule has 0 radical (unpaired) electrons. The largest absolute Gasteiger partial charge is 0.477 e. The van der Waals surface area contributed by atoms with E-state index in [-0.39, 0.29) is 9.09 Å². The van der Waals surface area contributed by atoms with Gasteiger partial charge in [0.2, 0.25) is 10.0 Å². The minimum absolute atomic E-state index is 0.0300. The highest BCUT2D eigenvalue weighted by Crippen LogP contribution is 2.21. The summed E-state index contributed by atoms with van der Waals surface area (Å²) in [7, 11) is -3.58. The zero-order chi connectivity index (χ0) is 14.6. The lowest BCUT2D eigenvalue weighted by Gasteiger charge is -2.14. The summed E-state index contributed by atoms with van der Waals surface area (Å²) in [5, 5.41) is 8.79. The number of hydrogen-bond donors (Lipinski definition) is 2. The Bertz CT molecular complexity index is 562. The predicted octanol–water partition coefficient (Wildman–Crippen LogP) is 1.21. The molecule has 1 aromatic rings. The third-order valence-corrected chi connectivity index (χ3v) is 6.22. The van der Waals surface area contributed by atoms with Gasteiger partial charge in [-0.2, -0.15) is 0 Å². The highest BCUT2D eigenvalue weighted by Gasteiger charge is 2.18. The first-order valence-electron chi connectivity index (χ1n) is 6.54. The van der Waals surface area contributed by atoms with Gasteiger partial charge in [0, 0.05) is 6.54 Å². The Morgan fingerprint density at radius 3 is 2.65 bits per heavy atom. The van der Waals surface area contributed by atoms with E-state index in [0.29, 0.717) is 6.54 Å². The quantitative estimate of drug-likeness (QED) is 0.738. The molecule has 2 rings (SSSR count). The van der Waals surface area contributed by atoms with Crippen LogP contribution in [0.2, 0.25) is 0 Å². The number of carboxylic acids is 1. The molecule has 0 bridgehead atoms. The zero-order valence-corrected chi connectivity index (χ0v) is 12.7. The van der Waals surface area contributed by atoms with Crippen molar-refractivity contribution in [1.29, 1.82) is 0 Å². The number of sulfonamides is 1. The van der Waals surface area contributed by atoms with Crippen molar-refractivity contribution in [3.8, 4) is 0 Å². The van der Waals surface area contributed by atoms with Crippen LogP contribution < -0.4 is 4.72 Å². The first-order valence-corrected chi connectivity index (χ1v) is 8.84. The molecule has 0 amide bonds. The summed E-state index contributed by atoms with van der Waals surface area (Å²) in [6.45, 7) is 3.46. The molecule has 6 nitrogen and oxygen atoms in total. The fourth-order valence-corrected chi connectivity index (χ4v) is 4.43. The Hall–Kier alpha value is -0.960. The SMILES string of the molecule is O=C(O)c1ccc(S(=O)(=O)NCCCN2CCCC2)s1. The van der Waals surface area contributed by atoms with Crippen LogP contribution in [0.1, 0.15) is 28.9 Å². The second kappa shape index (κ2) is 6.66. The van der Waals surface area contributed by atoms with E-state index in [1.807, 2.05) is 0 Å². The van der Waals surface area contributed by atoms with Crippen molar-refractivity contribution in [1.82, 2.24) is 9.62 Å². The molecule has 0 aromatic carbocycles. The topological polar surface area (TPSA) is 86.7 Å². The highest BCUT2D eigenvalue weighted by molar-refractivity contribution is 7.91. The maximum Gasteiger partial charge on any atom is 0.345 e. The zero-order valence-electron chi connectivity index (χ0n) is 11.0. The van der Waals surface area contributed by atoms with Gasteiger partial charge >= 0.3 is 5.97 Å². The molecule has 1 aliphatic rings. The number of nitrogens with zero attached hydrogens (tertiary/aromatic N) is 1. The normalized spacial score (nSPS) is 16.6. The Balaban J connectivity index is 1.82. The number of carbonyl (C=O) groups is 1. The van der Waals surface area contributed by atoms with E-state index in [1.54, 1.807) is 0 Å². The fraction of sp³-hybridized carbons (Fsp3) is 0.583. The molecule has 1 saturated heterocycles. The van der Waals surface area contributed by atoms with Crippen LogP contribution in [0.5, 0.6) is 0 Å². The predicted molar refractivity (Wildman–Crippen MR) is 76.8 cm³/mol. The summed E-state index contributed by atoms with van der Waals surface area (Å²) in [6, 6.07) is 2.64. The molecule has 0 spiro atoms. The molecule has 0 aliphatic carbocycles. The molecule has 2 N–H and O–H groups in total.